The number of rotatable bonds is 7. The first-order chi connectivity index (χ1) is 13.4. The number of carbonyl (C=O) groups is 1. The summed E-state index contributed by atoms with van der Waals surface area (Å²) in [6.07, 6.45) is 1.64. The maximum atomic E-state index is 13.2. The zero-order chi connectivity index (χ0) is 20.1. The lowest BCUT2D eigenvalue weighted by Crippen LogP contribution is -2.33. The third kappa shape index (κ3) is 4.98. The van der Waals surface area contributed by atoms with Crippen LogP contribution in [0.25, 0.3) is 5.69 Å². The summed E-state index contributed by atoms with van der Waals surface area (Å²) in [7, 11) is 0. The summed E-state index contributed by atoms with van der Waals surface area (Å²) in [5.41, 5.74) is 3.01. The summed E-state index contributed by atoms with van der Waals surface area (Å²) in [4.78, 5) is 12.5. The Bertz CT molecular complexity index is 922. The molecule has 1 unspecified atom stereocenters. The Morgan fingerprint density at radius 2 is 1.82 bits per heavy atom. The van der Waals surface area contributed by atoms with E-state index in [0.717, 1.165) is 11.3 Å². The third-order valence-electron chi connectivity index (χ3n) is 4.37. The molecule has 5 nitrogen and oxygen atoms in total. The number of thioether (sulfide) groups is 1. The van der Waals surface area contributed by atoms with E-state index in [-0.39, 0.29) is 29.4 Å². The van der Waals surface area contributed by atoms with Crippen LogP contribution in [0.15, 0.2) is 60.0 Å². The molecule has 0 aliphatic rings. The first-order valence-corrected chi connectivity index (χ1v) is 10.1. The van der Waals surface area contributed by atoms with Crippen LogP contribution in [0, 0.1) is 18.7 Å². The van der Waals surface area contributed by atoms with Gasteiger partial charge < -0.3 is 5.32 Å². The molecule has 0 aliphatic carbocycles. The first-order valence-electron chi connectivity index (χ1n) is 9.08. The van der Waals surface area contributed by atoms with Crippen molar-refractivity contribution in [1.82, 2.24) is 20.1 Å². The highest BCUT2D eigenvalue weighted by Crippen LogP contribution is 2.23. The maximum Gasteiger partial charge on any atom is 0.230 e. The molecule has 0 saturated carbocycles. The van der Waals surface area contributed by atoms with Gasteiger partial charge >= 0.3 is 0 Å². The number of nitrogens with one attached hydrogen (secondary N) is 1. The minimum Gasteiger partial charge on any atom is -0.348 e. The molecule has 3 aromatic rings. The monoisotopic (exact) mass is 398 g/mol. The Kier molecular flexibility index (Phi) is 6.46. The molecule has 0 saturated heterocycles. The van der Waals surface area contributed by atoms with Gasteiger partial charge in [0.2, 0.25) is 5.91 Å². The Hall–Kier alpha value is -2.67. The minimum absolute atomic E-state index is 0.105. The third-order valence-corrected chi connectivity index (χ3v) is 5.32. The van der Waals surface area contributed by atoms with Crippen molar-refractivity contribution in [3.63, 3.8) is 0 Å². The van der Waals surface area contributed by atoms with E-state index in [1.54, 1.807) is 18.5 Å². The van der Waals surface area contributed by atoms with Gasteiger partial charge in [-0.1, -0.05) is 55.4 Å². The lowest BCUT2D eigenvalue weighted by atomic mass is 9.96. The summed E-state index contributed by atoms with van der Waals surface area (Å²) in [6, 6.07) is 14.1. The number of amides is 1. The molecule has 1 aromatic heterocycles. The van der Waals surface area contributed by atoms with Crippen molar-refractivity contribution in [2.45, 2.75) is 32.0 Å². The molecule has 0 bridgehead atoms. The molecule has 0 fully saturated rings. The summed E-state index contributed by atoms with van der Waals surface area (Å²) < 4.78 is 15.0. The van der Waals surface area contributed by atoms with Crippen molar-refractivity contribution >= 4 is 17.7 Å². The predicted octanol–water partition coefficient (Wildman–Crippen LogP) is 4.32. The molecule has 0 spiro atoms. The molecule has 1 atom stereocenters. The highest BCUT2D eigenvalue weighted by molar-refractivity contribution is 7.99. The molecule has 1 amide bonds. The van der Waals surface area contributed by atoms with Gasteiger partial charge in [0.15, 0.2) is 5.16 Å². The van der Waals surface area contributed by atoms with Gasteiger partial charge in [0.05, 0.1) is 11.8 Å². The van der Waals surface area contributed by atoms with E-state index in [9.17, 15) is 9.18 Å². The van der Waals surface area contributed by atoms with E-state index in [2.05, 4.69) is 15.5 Å². The Labute approximate surface area is 168 Å². The lowest BCUT2D eigenvalue weighted by molar-refractivity contribution is -0.119. The van der Waals surface area contributed by atoms with E-state index >= 15 is 0 Å². The van der Waals surface area contributed by atoms with Crippen LogP contribution in [0.1, 0.15) is 31.0 Å². The number of hydrogen-bond donors (Lipinski definition) is 1. The minimum atomic E-state index is -0.288. The van der Waals surface area contributed by atoms with Crippen LogP contribution in [-0.4, -0.2) is 26.4 Å². The average molecular weight is 399 g/mol. The SMILES string of the molecule is Cc1ccc(-n2cnnc2SCC(=O)NC(c2ccc(F)cc2)C(C)C)cc1. The van der Waals surface area contributed by atoms with Crippen molar-refractivity contribution in [3.05, 3.63) is 71.8 Å². The molecule has 1 heterocycles. The molecular weight excluding hydrogens is 375 g/mol. The quantitative estimate of drug-likeness (QED) is 0.602. The van der Waals surface area contributed by atoms with Gasteiger partial charge in [-0.3, -0.25) is 9.36 Å². The normalized spacial score (nSPS) is 12.2. The van der Waals surface area contributed by atoms with Crippen LogP contribution in [0.2, 0.25) is 0 Å². The smallest absolute Gasteiger partial charge is 0.230 e. The van der Waals surface area contributed by atoms with Crippen molar-refractivity contribution in [2.24, 2.45) is 5.92 Å². The fraction of sp³-hybridized carbons (Fsp3) is 0.286. The van der Waals surface area contributed by atoms with Gasteiger partial charge in [0.25, 0.3) is 0 Å². The molecule has 1 N–H and O–H groups in total. The second-order valence-corrected chi connectivity index (χ2v) is 7.89. The van der Waals surface area contributed by atoms with E-state index in [4.69, 9.17) is 0 Å². The first kappa shape index (κ1) is 20.1. The van der Waals surface area contributed by atoms with Gasteiger partial charge in [0.1, 0.15) is 12.1 Å². The summed E-state index contributed by atoms with van der Waals surface area (Å²) in [5, 5.41) is 11.8. The Balaban J connectivity index is 1.65. The molecule has 2 aromatic carbocycles. The molecule has 0 aliphatic heterocycles. The highest BCUT2D eigenvalue weighted by Gasteiger charge is 2.19. The van der Waals surface area contributed by atoms with Crippen LogP contribution in [0.5, 0.6) is 0 Å². The van der Waals surface area contributed by atoms with Crippen molar-refractivity contribution in [2.75, 3.05) is 5.75 Å². The second-order valence-electron chi connectivity index (χ2n) is 6.95. The van der Waals surface area contributed by atoms with Gasteiger partial charge in [0, 0.05) is 5.69 Å². The van der Waals surface area contributed by atoms with E-state index in [1.807, 2.05) is 49.6 Å². The zero-order valence-corrected chi connectivity index (χ0v) is 16.9. The summed E-state index contributed by atoms with van der Waals surface area (Å²) in [6.45, 7) is 6.08. The molecular formula is C21H23FN4OS. The average Bonchev–Trinajstić information content (AvgIpc) is 3.14. The number of aromatic nitrogens is 3. The lowest BCUT2D eigenvalue weighted by Gasteiger charge is -2.23. The van der Waals surface area contributed by atoms with Crippen molar-refractivity contribution in [3.8, 4) is 5.69 Å². The maximum absolute atomic E-state index is 13.2. The predicted molar refractivity (Wildman–Crippen MR) is 109 cm³/mol. The molecule has 0 radical (unpaired) electrons. The highest BCUT2D eigenvalue weighted by atomic mass is 32.2. The standard InChI is InChI=1S/C21H23FN4OS/c1-14(2)20(16-6-8-17(22)9-7-16)24-19(27)12-28-21-25-23-13-26(21)18-10-4-15(3)5-11-18/h4-11,13-14,20H,12H2,1-3H3,(H,24,27). The molecule has 7 heteroatoms. The largest absolute Gasteiger partial charge is 0.348 e. The van der Waals surface area contributed by atoms with Gasteiger partial charge in [-0.15, -0.1) is 10.2 Å². The van der Waals surface area contributed by atoms with Gasteiger partial charge in [-0.05, 0) is 42.7 Å². The molecule has 146 valence electrons. The van der Waals surface area contributed by atoms with Crippen LogP contribution < -0.4 is 5.32 Å². The number of aryl methyl sites for hydroxylation is 1. The van der Waals surface area contributed by atoms with Crippen LogP contribution in [0.3, 0.4) is 0 Å². The summed E-state index contributed by atoms with van der Waals surface area (Å²) >= 11 is 1.33. The van der Waals surface area contributed by atoms with Crippen LogP contribution in [0.4, 0.5) is 4.39 Å². The van der Waals surface area contributed by atoms with E-state index in [1.165, 1.54) is 29.5 Å². The molecule has 3 rings (SSSR count). The van der Waals surface area contributed by atoms with Gasteiger partial charge in [-0.25, -0.2) is 4.39 Å². The Morgan fingerprint density at radius 3 is 2.46 bits per heavy atom. The van der Waals surface area contributed by atoms with Gasteiger partial charge in [-0.2, -0.15) is 0 Å². The second kappa shape index (κ2) is 9.01. The topological polar surface area (TPSA) is 59.8 Å². The number of nitrogens with zero attached hydrogens (tertiary/aromatic N) is 3. The van der Waals surface area contributed by atoms with Crippen molar-refractivity contribution < 1.29 is 9.18 Å². The fourth-order valence-corrected chi connectivity index (χ4v) is 3.60. The summed E-state index contributed by atoms with van der Waals surface area (Å²) in [5.74, 6) is 0.000272. The Morgan fingerprint density at radius 1 is 1.14 bits per heavy atom. The fourth-order valence-electron chi connectivity index (χ4n) is 2.86. The number of halogens is 1. The number of benzene rings is 2. The zero-order valence-electron chi connectivity index (χ0n) is 16.1. The number of hydrogen-bond acceptors (Lipinski definition) is 4. The number of carbonyl (C=O) groups excluding carboxylic acids is 1. The van der Waals surface area contributed by atoms with Crippen LogP contribution in [-0.2, 0) is 4.79 Å². The van der Waals surface area contributed by atoms with Crippen molar-refractivity contribution in [1.29, 1.82) is 0 Å². The van der Waals surface area contributed by atoms with E-state index in [0.29, 0.717) is 5.16 Å². The molecule has 28 heavy (non-hydrogen) atoms. The van der Waals surface area contributed by atoms with E-state index < -0.39 is 0 Å². The van der Waals surface area contributed by atoms with Crippen LogP contribution >= 0.6 is 11.8 Å².